The highest BCUT2D eigenvalue weighted by molar-refractivity contribution is 5.77. The first kappa shape index (κ1) is 17.3. The Kier molecular flexibility index (Phi) is 4.86. The number of hydrogen-bond donors (Lipinski definition) is 0. The van der Waals surface area contributed by atoms with Crippen molar-refractivity contribution >= 4 is 5.91 Å². The lowest BCUT2D eigenvalue weighted by molar-refractivity contribution is -0.134. The fourth-order valence-corrected chi connectivity index (χ4v) is 3.05. The number of piperidine rings is 1. The van der Waals surface area contributed by atoms with Crippen LogP contribution >= 0.6 is 0 Å². The topological polar surface area (TPSA) is 81.6 Å². The molecule has 0 N–H and O–H groups in total. The van der Waals surface area contributed by atoms with Crippen molar-refractivity contribution in [3.63, 3.8) is 0 Å². The molecule has 0 aliphatic carbocycles. The molecule has 1 saturated heterocycles. The van der Waals surface area contributed by atoms with Gasteiger partial charge in [0.15, 0.2) is 6.61 Å². The number of likely N-dealkylation sites (tertiary alicyclic amines) is 1. The zero-order valence-electron chi connectivity index (χ0n) is 14.5. The van der Waals surface area contributed by atoms with E-state index in [4.69, 9.17) is 13.6 Å². The minimum absolute atomic E-state index is 0.0680. The molecule has 1 aliphatic rings. The van der Waals surface area contributed by atoms with E-state index < -0.39 is 0 Å². The summed E-state index contributed by atoms with van der Waals surface area (Å²) < 4.78 is 29.1. The maximum atomic E-state index is 12.9. The minimum Gasteiger partial charge on any atom is -0.484 e. The Bertz CT molecular complexity index is 884. The van der Waals surface area contributed by atoms with Gasteiger partial charge < -0.3 is 18.5 Å². The van der Waals surface area contributed by atoms with Crippen molar-refractivity contribution in [2.45, 2.75) is 18.8 Å². The van der Waals surface area contributed by atoms with Crippen LogP contribution in [0.3, 0.4) is 0 Å². The van der Waals surface area contributed by atoms with E-state index in [0.29, 0.717) is 30.6 Å². The highest BCUT2D eigenvalue weighted by Gasteiger charge is 2.27. The fourth-order valence-electron chi connectivity index (χ4n) is 3.05. The van der Waals surface area contributed by atoms with Crippen LogP contribution in [0.4, 0.5) is 4.39 Å². The molecule has 4 rings (SSSR count). The first-order valence-electron chi connectivity index (χ1n) is 8.71. The molecule has 140 valence electrons. The van der Waals surface area contributed by atoms with Crippen molar-refractivity contribution in [2.24, 2.45) is 0 Å². The van der Waals surface area contributed by atoms with Crippen molar-refractivity contribution in [1.29, 1.82) is 0 Å². The number of nitrogens with zero attached hydrogens (tertiary/aromatic N) is 3. The lowest BCUT2D eigenvalue weighted by Gasteiger charge is -2.30. The van der Waals surface area contributed by atoms with Gasteiger partial charge in [0, 0.05) is 19.0 Å². The monoisotopic (exact) mass is 371 g/mol. The molecule has 7 nitrogen and oxygen atoms in total. The van der Waals surface area contributed by atoms with Gasteiger partial charge in [0.25, 0.3) is 11.8 Å². The molecule has 1 aromatic carbocycles. The van der Waals surface area contributed by atoms with Crippen LogP contribution in [0.15, 0.2) is 51.7 Å². The average molecular weight is 371 g/mol. The second kappa shape index (κ2) is 7.61. The summed E-state index contributed by atoms with van der Waals surface area (Å²) in [4.78, 5) is 14.1. The Labute approximate surface area is 154 Å². The number of ether oxygens (including phenoxy) is 1. The van der Waals surface area contributed by atoms with Crippen molar-refractivity contribution in [3.8, 4) is 17.2 Å². The summed E-state index contributed by atoms with van der Waals surface area (Å²) in [5, 5.41) is 8.18. The molecule has 0 atom stereocenters. The smallest absolute Gasteiger partial charge is 0.260 e. The maximum absolute atomic E-state index is 12.9. The van der Waals surface area contributed by atoms with E-state index in [2.05, 4.69) is 10.2 Å². The molecule has 8 heteroatoms. The molecule has 1 aliphatic heterocycles. The van der Waals surface area contributed by atoms with E-state index in [1.807, 2.05) is 0 Å². The summed E-state index contributed by atoms with van der Waals surface area (Å²) in [6.45, 7) is 1.13. The summed E-state index contributed by atoms with van der Waals surface area (Å²) >= 11 is 0. The lowest BCUT2D eigenvalue weighted by atomic mass is 9.97. The molecule has 1 amide bonds. The van der Waals surface area contributed by atoms with Crippen molar-refractivity contribution in [1.82, 2.24) is 15.1 Å². The number of furan rings is 1. The van der Waals surface area contributed by atoms with E-state index in [1.165, 1.54) is 24.3 Å². The van der Waals surface area contributed by atoms with Crippen molar-refractivity contribution < 1.29 is 22.8 Å². The molecule has 0 spiro atoms. The van der Waals surface area contributed by atoms with Crippen LogP contribution in [-0.4, -0.2) is 40.7 Å². The second-order valence-corrected chi connectivity index (χ2v) is 6.36. The zero-order chi connectivity index (χ0) is 18.6. The van der Waals surface area contributed by atoms with E-state index >= 15 is 0 Å². The molecule has 1 fully saturated rings. The molecule has 0 bridgehead atoms. The van der Waals surface area contributed by atoms with Gasteiger partial charge in [-0.25, -0.2) is 4.39 Å². The number of amides is 1. The number of rotatable bonds is 5. The van der Waals surface area contributed by atoms with Gasteiger partial charge in [-0.3, -0.25) is 4.79 Å². The van der Waals surface area contributed by atoms with Crippen LogP contribution in [0.2, 0.25) is 0 Å². The van der Waals surface area contributed by atoms with Gasteiger partial charge in [0.2, 0.25) is 5.89 Å². The highest BCUT2D eigenvalue weighted by atomic mass is 19.1. The molecule has 0 radical (unpaired) electrons. The second-order valence-electron chi connectivity index (χ2n) is 6.36. The lowest BCUT2D eigenvalue weighted by Crippen LogP contribution is -2.40. The van der Waals surface area contributed by atoms with Gasteiger partial charge in [-0.05, 0) is 43.2 Å². The number of carbonyl (C=O) groups is 1. The number of hydrogen-bond acceptors (Lipinski definition) is 6. The van der Waals surface area contributed by atoms with Gasteiger partial charge in [-0.15, -0.1) is 10.2 Å². The minimum atomic E-state index is -0.340. The van der Waals surface area contributed by atoms with Crippen LogP contribution in [-0.2, 0) is 4.79 Å². The van der Waals surface area contributed by atoms with Gasteiger partial charge in [-0.1, -0.05) is 0 Å². The van der Waals surface area contributed by atoms with E-state index in [9.17, 15) is 9.18 Å². The summed E-state index contributed by atoms with van der Waals surface area (Å²) in [6, 6.07) is 7.37. The number of benzene rings is 1. The first-order chi connectivity index (χ1) is 13.2. The van der Waals surface area contributed by atoms with Gasteiger partial charge >= 0.3 is 0 Å². The molecule has 3 aromatic rings. The number of halogens is 1. The van der Waals surface area contributed by atoms with Crippen LogP contribution in [0.25, 0.3) is 11.5 Å². The summed E-state index contributed by atoms with van der Waals surface area (Å²) in [7, 11) is 0. The fraction of sp³-hybridized carbons (Fsp3) is 0.316. The summed E-state index contributed by atoms with van der Waals surface area (Å²) in [5.74, 6) is 1.18. The van der Waals surface area contributed by atoms with Gasteiger partial charge in [0.05, 0.1) is 11.8 Å². The first-order valence-corrected chi connectivity index (χ1v) is 8.71. The summed E-state index contributed by atoms with van der Waals surface area (Å²) in [6.07, 6.45) is 4.60. The number of aromatic nitrogens is 2. The van der Waals surface area contributed by atoms with Crippen LogP contribution in [0.1, 0.15) is 24.7 Å². The zero-order valence-corrected chi connectivity index (χ0v) is 14.5. The average Bonchev–Trinajstić information content (AvgIpc) is 3.39. The Morgan fingerprint density at radius 3 is 2.67 bits per heavy atom. The Morgan fingerprint density at radius 2 is 1.96 bits per heavy atom. The van der Waals surface area contributed by atoms with Crippen molar-refractivity contribution in [2.75, 3.05) is 19.7 Å². The van der Waals surface area contributed by atoms with Crippen LogP contribution in [0.5, 0.6) is 5.75 Å². The van der Waals surface area contributed by atoms with E-state index in [-0.39, 0.29) is 24.2 Å². The molecule has 0 unspecified atom stereocenters. The molecule has 3 heterocycles. The largest absolute Gasteiger partial charge is 0.484 e. The SMILES string of the molecule is O=C(COc1ccc(F)cc1)N1CCC(c2nnc(-c3ccoc3)o2)CC1. The normalized spacial score (nSPS) is 15.1. The standard InChI is InChI=1S/C19H18FN3O4/c20-15-1-3-16(4-2-15)26-12-17(24)23-8-5-13(6-9-23)18-21-22-19(27-18)14-7-10-25-11-14/h1-4,7,10-11,13H,5-6,8-9,12H2. The Balaban J connectivity index is 1.28. The molecule has 27 heavy (non-hydrogen) atoms. The highest BCUT2D eigenvalue weighted by Crippen LogP contribution is 2.29. The third-order valence-electron chi connectivity index (χ3n) is 4.58. The number of carbonyl (C=O) groups excluding carboxylic acids is 1. The predicted molar refractivity (Wildman–Crippen MR) is 92.5 cm³/mol. The maximum Gasteiger partial charge on any atom is 0.260 e. The van der Waals surface area contributed by atoms with Crippen LogP contribution < -0.4 is 4.74 Å². The third kappa shape index (κ3) is 3.99. The van der Waals surface area contributed by atoms with Crippen molar-refractivity contribution in [3.05, 3.63) is 54.6 Å². The summed E-state index contributed by atoms with van der Waals surface area (Å²) in [5.41, 5.74) is 0.749. The molecular formula is C19H18FN3O4. The Morgan fingerprint density at radius 1 is 1.19 bits per heavy atom. The molecule has 2 aromatic heterocycles. The van der Waals surface area contributed by atoms with Gasteiger partial charge in [-0.2, -0.15) is 0 Å². The quantitative estimate of drug-likeness (QED) is 0.685. The molecule has 0 saturated carbocycles. The van der Waals surface area contributed by atoms with Crippen LogP contribution in [0, 0.1) is 5.82 Å². The van der Waals surface area contributed by atoms with Gasteiger partial charge in [0.1, 0.15) is 17.8 Å². The Hall–Kier alpha value is -3.16. The predicted octanol–water partition coefficient (Wildman–Crippen LogP) is 3.25. The molecular weight excluding hydrogens is 353 g/mol. The third-order valence-corrected chi connectivity index (χ3v) is 4.58. The van der Waals surface area contributed by atoms with E-state index in [0.717, 1.165) is 18.4 Å². The van der Waals surface area contributed by atoms with E-state index in [1.54, 1.807) is 23.5 Å².